The number of carbonyl (C=O) groups is 2. The number of hydrogen-bond acceptors (Lipinski definition) is 3. The minimum Gasteiger partial charge on any atom is -0.480 e. The molecule has 0 fully saturated rings. The van der Waals surface area contributed by atoms with E-state index in [0.29, 0.717) is 5.69 Å². The first-order valence-electron chi connectivity index (χ1n) is 7.28. The zero-order valence-corrected chi connectivity index (χ0v) is 12.6. The van der Waals surface area contributed by atoms with Crippen LogP contribution in [0, 0.1) is 6.92 Å². The molecule has 1 amide bonds. The molecule has 0 bridgehead atoms. The van der Waals surface area contributed by atoms with Crippen molar-refractivity contribution in [2.45, 2.75) is 25.9 Å². The minimum atomic E-state index is -1.07. The number of rotatable bonds is 2. The van der Waals surface area contributed by atoms with E-state index in [2.05, 4.69) is 4.98 Å². The maximum Gasteiger partial charge on any atom is 0.326 e. The number of carboxylic acids is 1. The van der Waals surface area contributed by atoms with Crippen LogP contribution in [0.25, 0.3) is 0 Å². The molecule has 3 rings (SSSR count). The molecule has 0 saturated carbocycles. The smallest absolute Gasteiger partial charge is 0.326 e. The monoisotopic (exact) mass is 312 g/mol. The van der Waals surface area contributed by atoms with Gasteiger partial charge in [-0.05, 0) is 30.2 Å². The molecule has 2 aromatic rings. The van der Waals surface area contributed by atoms with Crippen LogP contribution in [0.2, 0.25) is 0 Å². The van der Waals surface area contributed by atoms with Gasteiger partial charge in [0.1, 0.15) is 11.6 Å². The van der Waals surface area contributed by atoms with Crippen LogP contribution in [0.5, 0.6) is 0 Å². The maximum absolute atomic E-state index is 12.7. The number of H-pyrrole nitrogens is 1. The number of nitrogens with one attached hydrogen (secondary N) is 1. The van der Waals surface area contributed by atoms with Gasteiger partial charge in [-0.25, -0.2) is 4.79 Å². The number of carbonyl (C=O) groups excluding carboxylic acids is 1. The van der Waals surface area contributed by atoms with E-state index in [9.17, 15) is 19.5 Å². The number of nitrogens with zero attached hydrogens (tertiary/aromatic N) is 1. The van der Waals surface area contributed by atoms with Crippen LogP contribution in [0.3, 0.4) is 0 Å². The van der Waals surface area contributed by atoms with E-state index >= 15 is 0 Å². The maximum atomic E-state index is 12.7. The largest absolute Gasteiger partial charge is 0.480 e. The van der Waals surface area contributed by atoms with Crippen molar-refractivity contribution in [3.63, 3.8) is 0 Å². The van der Waals surface area contributed by atoms with Crippen molar-refractivity contribution in [2.24, 2.45) is 0 Å². The Kier molecular flexibility index (Phi) is 3.73. The van der Waals surface area contributed by atoms with Gasteiger partial charge in [-0.1, -0.05) is 24.3 Å². The standard InChI is InChI=1S/C17H16N2O4/c1-10-6-7-13(15(20)18-10)16(21)19-9-12-5-3-2-4-11(12)8-14(19)17(22)23/h2-7,14H,8-9H2,1H3,(H,18,20)(H,22,23)/t14-/m1/s1. The van der Waals surface area contributed by atoms with E-state index < -0.39 is 23.5 Å². The summed E-state index contributed by atoms with van der Waals surface area (Å²) in [6.45, 7) is 1.89. The van der Waals surface area contributed by atoms with Gasteiger partial charge in [0.05, 0.1) is 0 Å². The van der Waals surface area contributed by atoms with Crippen LogP contribution in [-0.2, 0) is 17.8 Å². The lowest BCUT2D eigenvalue weighted by Crippen LogP contribution is -2.49. The predicted molar refractivity (Wildman–Crippen MR) is 83.2 cm³/mol. The second-order valence-corrected chi connectivity index (χ2v) is 5.64. The van der Waals surface area contributed by atoms with Crippen molar-refractivity contribution in [3.05, 3.63) is 69.1 Å². The van der Waals surface area contributed by atoms with Gasteiger partial charge in [0.2, 0.25) is 0 Å². The number of pyridine rings is 1. The van der Waals surface area contributed by atoms with Gasteiger partial charge in [-0.2, -0.15) is 0 Å². The molecule has 0 aliphatic carbocycles. The summed E-state index contributed by atoms with van der Waals surface area (Å²) in [5.41, 5.74) is 1.92. The highest BCUT2D eigenvalue weighted by Crippen LogP contribution is 2.24. The Morgan fingerprint density at radius 1 is 1.17 bits per heavy atom. The molecule has 1 aliphatic heterocycles. The molecule has 0 radical (unpaired) electrons. The number of fused-ring (bicyclic) bond motifs is 1. The first-order valence-corrected chi connectivity index (χ1v) is 7.28. The van der Waals surface area contributed by atoms with Crippen LogP contribution in [-0.4, -0.2) is 32.9 Å². The van der Waals surface area contributed by atoms with E-state index in [1.165, 1.54) is 11.0 Å². The van der Waals surface area contributed by atoms with Crippen LogP contribution in [0.1, 0.15) is 27.2 Å². The summed E-state index contributed by atoms with van der Waals surface area (Å²) in [5, 5.41) is 9.46. The molecule has 0 saturated heterocycles. The van der Waals surface area contributed by atoms with E-state index in [0.717, 1.165) is 11.1 Å². The summed E-state index contributed by atoms with van der Waals surface area (Å²) in [6, 6.07) is 9.52. The number of aryl methyl sites for hydroxylation is 1. The second-order valence-electron chi connectivity index (χ2n) is 5.64. The van der Waals surface area contributed by atoms with E-state index in [1.54, 1.807) is 13.0 Å². The number of carboxylic acid groups (broad SMARTS) is 1. The number of amides is 1. The SMILES string of the molecule is Cc1ccc(C(=O)N2Cc3ccccc3C[C@@H]2C(=O)O)c(=O)[nH]1. The molecule has 1 atom stereocenters. The average Bonchev–Trinajstić information content (AvgIpc) is 2.53. The quantitative estimate of drug-likeness (QED) is 0.875. The van der Waals surface area contributed by atoms with Crippen LogP contribution in [0.15, 0.2) is 41.2 Å². The molecule has 2 N–H and O–H groups in total. The van der Waals surface area contributed by atoms with E-state index in [-0.39, 0.29) is 18.5 Å². The highest BCUT2D eigenvalue weighted by Gasteiger charge is 2.35. The topological polar surface area (TPSA) is 90.5 Å². The van der Waals surface area contributed by atoms with Crippen molar-refractivity contribution in [1.29, 1.82) is 0 Å². The summed E-state index contributed by atoms with van der Waals surface area (Å²) in [6.07, 6.45) is 0.237. The van der Waals surface area contributed by atoms with Crippen LogP contribution >= 0.6 is 0 Å². The lowest BCUT2D eigenvalue weighted by Gasteiger charge is -2.34. The fraction of sp³-hybridized carbons (Fsp3) is 0.235. The van der Waals surface area contributed by atoms with E-state index in [4.69, 9.17) is 0 Å². The Morgan fingerprint density at radius 3 is 2.52 bits per heavy atom. The molecule has 0 unspecified atom stereocenters. The first kappa shape index (κ1) is 15.0. The van der Waals surface area contributed by atoms with Crippen LogP contribution < -0.4 is 5.56 Å². The molecular weight excluding hydrogens is 296 g/mol. The summed E-state index contributed by atoms with van der Waals surface area (Å²) in [5.74, 6) is -1.63. The zero-order valence-electron chi connectivity index (χ0n) is 12.6. The fourth-order valence-electron chi connectivity index (χ4n) is 2.85. The minimum absolute atomic E-state index is 0.0405. The first-order chi connectivity index (χ1) is 11.0. The lowest BCUT2D eigenvalue weighted by atomic mass is 9.93. The van der Waals surface area contributed by atoms with Gasteiger partial charge in [-0.15, -0.1) is 0 Å². The molecule has 2 heterocycles. The number of aromatic nitrogens is 1. The summed E-state index contributed by atoms with van der Waals surface area (Å²) in [4.78, 5) is 40.1. The molecule has 1 aliphatic rings. The Hall–Kier alpha value is -2.89. The molecule has 118 valence electrons. The molecule has 0 spiro atoms. The third-order valence-corrected chi connectivity index (χ3v) is 4.08. The van der Waals surface area contributed by atoms with Gasteiger partial charge in [-0.3, -0.25) is 9.59 Å². The number of benzene rings is 1. The molecule has 1 aromatic heterocycles. The van der Waals surface area contributed by atoms with Crippen molar-refractivity contribution in [2.75, 3.05) is 0 Å². The molecule has 6 heteroatoms. The van der Waals surface area contributed by atoms with E-state index in [1.807, 2.05) is 24.3 Å². The van der Waals surface area contributed by atoms with Crippen molar-refractivity contribution in [3.8, 4) is 0 Å². The molecule has 23 heavy (non-hydrogen) atoms. The zero-order chi connectivity index (χ0) is 16.6. The van der Waals surface area contributed by atoms with Gasteiger partial charge < -0.3 is 15.0 Å². The Morgan fingerprint density at radius 2 is 1.87 bits per heavy atom. The normalized spacial score (nSPS) is 16.7. The fourth-order valence-corrected chi connectivity index (χ4v) is 2.85. The van der Waals surface area contributed by atoms with Gasteiger partial charge in [0.15, 0.2) is 0 Å². The molecule has 1 aromatic carbocycles. The predicted octanol–water partition coefficient (Wildman–Crippen LogP) is 1.34. The highest BCUT2D eigenvalue weighted by atomic mass is 16.4. The van der Waals surface area contributed by atoms with Crippen molar-refractivity contribution >= 4 is 11.9 Å². The number of aliphatic carboxylic acids is 1. The molecule has 6 nitrogen and oxygen atoms in total. The van der Waals surface area contributed by atoms with Gasteiger partial charge in [0.25, 0.3) is 11.5 Å². The van der Waals surface area contributed by atoms with Crippen molar-refractivity contribution < 1.29 is 14.7 Å². The summed E-state index contributed by atoms with van der Waals surface area (Å²) < 4.78 is 0. The Labute approximate surface area is 132 Å². The number of aromatic amines is 1. The number of hydrogen-bond donors (Lipinski definition) is 2. The Balaban J connectivity index is 2.01. The van der Waals surface area contributed by atoms with Crippen molar-refractivity contribution in [1.82, 2.24) is 9.88 Å². The summed E-state index contributed by atoms with van der Waals surface area (Å²) in [7, 11) is 0. The van der Waals surface area contributed by atoms with Crippen LogP contribution in [0.4, 0.5) is 0 Å². The average molecular weight is 312 g/mol. The third kappa shape index (κ3) is 2.75. The third-order valence-electron chi connectivity index (χ3n) is 4.08. The highest BCUT2D eigenvalue weighted by molar-refractivity contribution is 5.96. The summed E-state index contributed by atoms with van der Waals surface area (Å²) >= 11 is 0. The lowest BCUT2D eigenvalue weighted by molar-refractivity contribution is -0.142. The molecular formula is C17H16N2O4. The van der Waals surface area contributed by atoms with Gasteiger partial charge in [0, 0.05) is 18.7 Å². The second kappa shape index (κ2) is 5.72. The van der Waals surface area contributed by atoms with Gasteiger partial charge >= 0.3 is 5.97 Å². The Bertz CT molecular complexity index is 840.